The molecule has 0 spiro atoms. The fraction of sp³-hybridized carbons (Fsp3) is 0.440. The number of halogens is 3. The third-order valence-corrected chi connectivity index (χ3v) is 6.42. The Bertz CT molecular complexity index is 972. The fourth-order valence-corrected chi connectivity index (χ4v) is 4.64. The van der Waals surface area contributed by atoms with Gasteiger partial charge in [-0.05, 0) is 43.1 Å². The Labute approximate surface area is 191 Å². The van der Waals surface area contributed by atoms with Crippen molar-refractivity contribution in [2.24, 2.45) is 5.92 Å². The lowest BCUT2D eigenvalue weighted by Crippen LogP contribution is -2.53. The summed E-state index contributed by atoms with van der Waals surface area (Å²) in [5, 5.41) is 0. The van der Waals surface area contributed by atoms with Crippen molar-refractivity contribution in [3.05, 3.63) is 71.3 Å². The molecule has 2 aliphatic heterocycles. The minimum Gasteiger partial charge on any atom is -0.339 e. The Balaban J connectivity index is 1.31. The van der Waals surface area contributed by atoms with Crippen molar-refractivity contribution in [2.45, 2.75) is 25.6 Å². The highest BCUT2D eigenvalue weighted by molar-refractivity contribution is 5.94. The molecule has 2 amide bonds. The summed E-state index contributed by atoms with van der Waals surface area (Å²) in [5.74, 6) is -0.382. The number of amides is 2. The highest BCUT2D eigenvalue weighted by atomic mass is 19.4. The van der Waals surface area contributed by atoms with E-state index in [4.69, 9.17) is 0 Å². The maximum absolute atomic E-state index is 13.1. The van der Waals surface area contributed by atoms with Crippen LogP contribution in [-0.2, 0) is 17.5 Å². The van der Waals surface area contributed by atoms with Gasteiger partial charge >= 0.3 is 6.18 Å². The fourth-order valence-electron chi connectivity index (χ4n) is 4.64. The number of carbonyl (C=O) groups excluding carboxylic acids is 2. The molecule has 2 aromatic rings. The third kappa shape index (κ3) is 5.74. The molecule has 0 aromatic heterocycles. The second-order valence-corrected chi connectivity index (χ2v) is 8.76. The van der Waals surface area contributed by atoms with Crippen LogP contribution in [0.2, 0.25) is 0 Å². The molecule has 2 heterocycles. The number of alkyl halides is 3. The summed E-state index contributed by atoms with van der Waals surface area (Å²) in [6.45, 7) is 3.96. The largest absolute Gasteiger partial charge is 0.416 e. The highest BCUT2D eigenvalue weighted by Crippen LogP contribution is 2.30. The van der Waals surface area contributed by atoms with Crippen LogP contribution in [0.25, 0.3) is 0 Å². The Hall–Kier alpha value is -2.87. The summed E-state index contributed by atoms with van der Waals surface area (Å²) in [5.41, 5.74) is 0.417. The van der Waals surface area contributed by atoms with Gasteiger partial charge in [0.25, 0.3) is 5.91 Å². The van der Waals surface area contributed by atoms with E-state index < -0.39 is 17.6 Å². The van der Waals surface area contributed by atoms with Crippen LogP contribution in [0.4, 0.5) is 13.2 Å². The monoisotopic (exact) mass is 459 g/mol. The average Bonchev–Trinajstić information content (AvgIpc) is 2.83. The van der Waals surface area contributed by atoms with Gasteiger partial charge in [-0.1, -0.05) is 36.4 Å². The van der Waals surface area contributed by atoms with Crippen LogP contribution in [0.15, 0.2) is 54.6 Å². The molecule has 1 unspecified atom stereocenters. The molecule has 5 nitrogen and oxygen atoms in total. The van der Waals surface area contributed by atoms with Crippen molar-refractivity contribution in [3.63, 3.8) is 0 Å². The zero-order chi connectivity index (χ0) is 23.4. The number of hydrogen-bond donors (Lipinski definition) is 0. The number of carbonyl (C=O) groups is 2. The van der Waals surface area contributed by atoms with Crippen molar-refractivity contribution in [3.8, 4) is 0 Å². The second-order valence-electron chi connectivity index (χ2n) is 8.76. The van der Waals surface area contributed by atoms with E-state index in [0.29, 0.717) is 26.2 Å². The second kappa shape index (κ2) is 9.95. The topological polar surface area (TPSA) is 43.9 Å². The number of rotatable bonds is 4. The summed E-state index contributed by atoms with van der Waals surface area (Å²) >= 11 is 0. The van der Waals surface area contributed by atoms with Gasteiger partial charge in [-0.2, -0.15) is 13.2 Å². The first-order valence-electron chi connectivity index (χ1n) is 11.3. The van der Waals surface area contributed by atoms with Gasteiger partial charge in [-0.15, -0.1) is 0 Å². The summed E-state index contributed by atoms with van der Waals surface area (Å²) in [4.78, 5) is 31.5. The maximum Gasteiger partial charge on any atom is 0.416 e. The average molecular weight is 460 g/mol. The predicted octanol–water partition coefficient (Wildman–Crippen LogP) is 3.90. The van der Waals surface area contributed by atoms with E-state index in [2.05, 4.69) is 17.0 Å². The van der Waals surface area contributed by atoms with Crippen molar-refractivity contribution < 1.29 is 22.8 Å². The molecule has 0 N–H and O–H groups in total. The van der Waals surface area contributed by atoms with Crippen molar-refractivity contribution in [2.75, 3.05) is 39.3 Å². The summed E-state index contributed by atoms with van der Waals surface area (Å²) < 4.78 is 38.9. The van der Waals surface area contributed by atoms with E-state index in [9.17, 15) is 22.8 Å². The summed E-state index contributed by atoms with van der Waals surface area (Å²) in [7, 11) is 0. The molecule has 33 heavy (non-hydrogen) atoms. The zero-order valence-corrected chi connectivity index (χ0v) is 18.4. The standard InChI is InChI=1S/C25H28F3N3O2/c26-25(27,28)22-10-4-8-20(16-22)23(32)30-12-14-31(15-13-30)24(33)21-9-5-11-29(18-21)17-19-6-2-1-3-7-19/h1-4,6-8,10,16,21H,5,9,11-15,17-18H2. The molecule has 8 heteroatoms. The van der Waals surface area contributed by atoms with Crippen LogP contribution in [0.1, 0.15) is 34.3 Å². The third-order valence-electron chi connectivity index (χ3n) is 6.42. The van der Waals surface area contributed by atoms with Gasteiger partial charge < -0.3 is 9.80 Å². The Morgan fingerprint density at radius 2 is 1.58 bits per heavy atom. The lowest BCUT2D eigenvalue weighted by atomic mass is 9.95. The van der Waals surface area contributed by atoms with Gasteiger partial charge in [-0.3, -0.25) is 14.5 Å². The number of benzene rings is 2. The molecule has 2 aromatic carbocycles. The molecule has 0 radical (unpaired) electrons. The predicted molar refractivity (Wildman–Crippen MR) is 118 cm³/mol. The molecule has 0 aliphatic carbocycles. The summed E-state index contributed by atoms with van der Waals surface area (Å²) in [6, 6.07) is 14.7. The first kappa shape index (κ1) is 23.3. The van der Waals surface area contributed by atoms with E-state index >= 15 is 0 Å². The van der Waals surface area contributed by atoms with E-state index in [1.54, 1.807) is 4.90 Å². The molecule has 176 valence electrons. The SMILES string of the molecule is O=C(c1cccc(C(F)(F)F)c1)N1CCN(C(=O)C2CCCN(Cc3ccccc3)C2)CC1. The van der Waals surface area contributed by atoms with Crippen molar-refractivity contribution in [1.29, 1.82) is 0 Å². The van der Waals surface area contributed by atoms with E-state index in [-0.39, 0.29) is 17.4 Å². The molecule has 4 rings (SSSR count). The number of piperazine rings is 1. The van der Waals surface area contributed by atoms with Gasteiger partial charge in [0, 0.05) is 44.8 Å². The van der Waals surface area contributed by atoms with E-state index in [0.717, 1.165) is 44.6 Å². The molecule has 2 fully saturated rings. The van der Waals surface area contributed by atoms with Gasteiger partial charge in [-0.25, -0.2) is 0 Å². The maximum atomic E-state index is 13.1. The Morgan fingerprint density at radius 3 is 2.27 bits per heavy atom. The molecule has 0 saturated carbocycles. The van der Waals surface area contributed by atoms with Crippen molar-refractivity contribution >= 4 is 11.8 Å². The molecule has 2 saturated heterocycles. The van der Waals surface area contributed by atoms with Crippen LogP contribution in [0, 0.1) is 5.92 Å². The van der Waals surface area contributed by atoms with Crippen LogP contribution >= 0.6 is 0 Å². The summed E-state index contributed by atoms with van der Waals surface area (Å²) in [6.07, 6.45) is -2.67. The zero-order valence-electron chi connectivity index (χ0n) is 18.4. The Kier molecular flexibility index (Phi) is 7.02. The van der Waals surface area contributed by atoms with Gasteiger partial charge in [0.1, 0.15) is 0 Å². The van der Waals surface area contributed by atoms with Gasteiger partial charge in [0.2, 0.25) is 5.91 Å². The van der Waals surface area contributed by atoms with Gasteiger partial charge in [0.05, 0.1) is 11.5 Å². The van der Waals surface area contributed by atoms with E-state index in [1.807, 2.05) is 18.2 Å². The van der Waals surface area contributed by atoms with Crippen LogP contribution in [0.5, 0.6) is 0 Å². The molecule has 2 aliphatic rings. The molecular formula is C25H28F3N3O2. The van der Waals surface area contributed by atoms with Crippen molar-refractivity contribution in [1.82, 2.24) is 14.7 Å². The smallest absolute Gasteiger partial charge is 0.339 e. The van der Waals surface area contributed by atoms with Gasteiger partial charge in [0.15, 0.2) is 0 Å². The lowest BCUT2D eigenvalue weighted by Gasteiger charge is -2.39. The molecule has 0 bridgehead atoms. The van der Waals surface area contributed by atoms with E-state index in [1.165, 1.54) is 22.6 Å². The van der Waals surface area contributed by atoms with Crippen LogP contribution in [-0.4, -0.2) is 65.8 Å². The number of nitrogens with zero attached hydrogens (tertiary/aromatic N) is 3. The highest BCUT2D eigenvalue weighted by Gasteiger charge is 2.34. The normalized spacial score (nSPS) is 20.0. The molecule has 1 atom stereocenters. The number of piperidine rings is 1. The first-order chi connectivity index (χ1) is 15.8. The number of likely N-dealkylation sites (tertiary alicyclic amines) is 1. The minimum atomic E-state index is -4.49. The number of hydrogen-bond acceptors (Lipinski definition) is 3. The van der Waals surface area contributed by atoms with Crippen LogP contribution in [0.3, 0.4) is 0 Å². The first-order valence-corrected chi connectivity index (χ1v) is 11.3. The minimum absolute atomic E-state index is 0.0217. The molecular weight excluding hydrogens is 431 g/mol. The Morgan fingerprint density at radius 1 is 0.879 bits per heavy atom. The lowest BCUT2D eigenvalue weighted by molar-refractivity contribution is -0.139. The quantitative estimate of drug-likeness (QED) is 0.697. The van der Waals surface area contributed by atoms with Crippen LogP contribution < -0.4 is 0 Å².